The van der Waals surface area contributed by atoms with Crippen LogP contribution >= 0.6 is 0 Å². The van der Waals surface area contributed by atoms with Gasteiger partial charge in [-0.2, -0.15) is 5.10 Å². The molecule has 1 amide bonds. The number of pyridine rings is 1. The van der Waals surface area contributed by atoms with Gasteiger partial charge in [-0.05, 0) is 38.2 Å². The summed E-state index contributed by atoms with van der Waals surface area (Å²) in [5, 5.41) is 7.71. The van der Waals surface area contributed by atoms with Crippen LogP contribution in [0.25, 0.3) is 16.8 Å². The van der Waals surface area contributed by atoms with Crippen molar-refractivity contribution in [1.29, 1.82) is 0 Å². The van der Waals surface area contributed by atoms with E-state index in [-0.39, 0.29) is 5.91 Å². The molecular weight excluding hydrogens is 300 g/mol. The normalized spacial score (nSPS) is 11.0. The zero-order chi connectivity index (χ0) is 17.1. The number of hydrogen-bond acceptors (Lipinski definition) is 3. The van der Waals surface area contributed by atoms with E-state index in [4.69, 9.17) is 0 Å². The number of aromatic nitrogens is 2. The maximum absolute atomic E-state index is 11.8. The van der Waals surface area contributed by atoms with Crippen LogP contribution in [0.4, 0.5) is 5.69 Å². The lowest BCUT2D eigenvalue weighted by Gasteiger charge is -2.20. The summed E-state index contributed by atoms with van der Waals surface area (Å²) >= 11 is 0. The van der Waals surface area contributed by atoms with Crippen molar-refractivity contribution in [2.45, 2.75) is 20.4 Å². The Bertz CT molecular complexity index is 869. The van der Waals surface area contributed by atoms with Crippen molar-refractivity contribution in [3.05, 3.63) is 54.2 Å². The molecule has 0 fully saturated rings. The summed E-state index contributed by atoms with van der Waals surface area (Å²) in [4.78, 5) is 13.6. The Kier molecular flexibility index (Phi) is 4.62. The smallest absolute Gasteiger partial charge is 0.223 e. The lowest BCUT2D eigenvalue weighted by molar-refractivity contribution is -0.116. The third-order valence-corrected chi connectivity index (χ3v) is 4.14. The lowest BCUT2D eigenvalue weighted by Crippen LogP contribution is -2.27. The fourth-order valence-electron chi connectivity index (χ4n) is 3.03. The summed E-state index contributed by atoms with van der Waals surface area (Å²) in [6, 6.07) is 14.2. The van der Waals surface area contributed by atoms with Gasteiger partial charge in [0.15, 0.2) is 0 Å². The van der Waals surface area contributed by atoms with Gasteiger partial charge in [-0.3, -0.25) is 4.79 Å². The van der Waals surface area contributed by atoms with Gasteiger partial charge >= 0.3 is 0 Å². The largest absolute Gasteiger partial charge is 0.316 e. The van der Waals surface area contributed by atoms with Crippen molar-refractivity contribution in [2.75, 3.05) is 18.5 Å². The summed E-state index contributed by atoms with van der Waals surface area (Å²) in [5.41, 5.74) is 5.20. The highest BCUT2D eigenvalue weighted by Crippen LogP contribution is 2.26. The SMILES string of the molecule is CCN(C(C)=O)c1cccc(-c2cccc3c(CNC)cnn23)c1. The van der Waals surface area contributed by atoms with Crippen molar-refractivity contribution >= 4 is 17.1 Å². The molecule has 2 aromatic heterocycles. The fraction of sp³-hybridized carbons (Fsp3) is 0.263. The molecule has 1 N–H and O–H groups in total. The lowest BCUT2D eigenvalue weighted by atomic mass is 10.1. The molecule has 0 bridgehead atoms. The zero-order valence-electron chi connectivity index (χ0n) is 14.3. The van der Waals surface area contributed by atoms with Gasteiger partial charge in [0.2, 0.25) is 5.91 Å². The van der Waals surface area contributed by atoms with Crippen LogP contribution in [0.1, 0.15) is 19.4 Å². The minimum atomic E-state index is 0.0447. The van der Waals surface area contributed by atoms with E-state index in [0.29, 0.717) is 6.54 Å². The summed E-state index contributed by atoms with van der Waals surface area (Å²) in [6.45, 7) is 5.00. The first-order valence-corrected chi connectivity index (χ1v) is 8.14. The van der Waals surface area contributed by atoms with Crippen molar-refractivity contribution < 1.29 is 4.79 Å². The molecule has 124 valence electrons. The molecule has 2 heterocycles. The predicted octanol–water partition coefficient (Wildman–Crippen LogP) is 3.09. The number of anilines is 1. The second kappa shape index (κ2) is 6.84. The van der Waals surface area contributed by atoms with Crippen molar-refractivity contribution in [3.63, 3.8) is 0 Å². The predicted molar refractivity (Wildman–Crippen MR) is 97.1 cm³/mol. The van der Waals surface area contributed by atoms with Gasteiger partial charge in [0, 0.05) is 36.8 Å². The quantitative estimate of drug-likeness (QED) is 0.785. The molecule has 0 saturated heterocycles. The maximum Gasteiger partial charge on any atom is 0.223 e. The minimum Gasteiger partial charge on any atom is -0.316 e. The molecular formula is C19H22N4O. The number of nitrogens with one attached hydrogen (secondary N) is 1. The standard InChI is InChI=1S/C19H22N4O/c1-4-22(14(2)24)17-8-5-7-15(11-17)18-9-6-10-19-16(12-20-3)13-21-23(18)19/h5-11,13,20H,4,12H2,1-3H3. The first-order valence-electron chi connectivity index (χ1n) is 8.14. The van der Waals surface area contributed by atoms with Gasteiger partial charge in [-0.15, -0.1) is 0 Å². The fourth-order valence-corrected chi connectivity index (χ4v) is 3.03. The summed E-state index contributed by atoms with van der Waals surface area (Å²) in [7, 11) is 1.93. The van der Waals surface area contributed by atoms with Crippen molar-refractivity contribution in [2.24, 2.45) is 0 Å². The number of carbonyl (C=O) groups excluding carboxylic acids is 1. The van der Waals surface area contributed by atoms with E-state index in [1.54, 1.807) is 11.8 Å². The molecule has 5 nitrogen and oxygen atoms in total. The van der Waals surface area contributed by atoms with Crippen LogP contribution < -0.4 is 10.2 Å². The van der Waals surface area contributed by atoms with Gasteiger partial charge in [-0.25, -0.2) is 4.52 Å². The second-order valence-corrected chi connectivity index (χ2v) is 5.72. The molecule has 0 spiro atoms. The zero-order valence-corrected chi connectivity index (χ0v) is 14.3. The van der Waals surface area contributed by atoms with E-state index in [2.05, 4.69) is 16.5 Å². The molecule has 0 aliphatic rings. The van der Waals surface area contributed by atoms with Crippen molar-refractivity contribution in [1.82, 2.24) is 14.9 Å². The Morgan fingerprint density at radius 1 is 1.25 bits per heavy atom. The number of carbonyl (C=O) groups is 1. The van der Waals surface area contributed by atoms with Crippen LogP contribution in [0.2, 0.25) is 0 Å². The summed E-state index contributed by atoms with van der Waals surface area (Å²) in [6.07, 6.45) is 1.90. The molecule has 0 aliphatic heterocycles. The molecule has 5 heteroatoms. The Balaban J connectivity index is 2.09. The Morgan fingerprint density at radius 3 is 2.75 bits per heavy atom. The number of fused-ring (bicyclic) bond motifs is 1. The first kappa shape index (κ1) is 16.2. The second-order valence-electron chi connectivity index (χ2n) is 5.72. The minimum absolute atomic E-state index is 0.0447. The molecule has 0 aliphatic carbocycles. The number of benzene rings is 1. The van der Waals surface area contributed by atoms with Gasteiger partial charge in [0.25, 0.3) is 0 Å². The molecule has 0 saturated carbocycles. The van der Waals surface area contributed by atoms with Crippen LogP contribution in [-0.2, 0) is 11.3 Å². The highest BCUT2D eigenvalue weighted by atomic mass is 16.2. The number of rotatable bonds is 5. The van der Waals surface area contributed by atoms with Crippen molar-refractivity contribution in [3.8, 4) is 11.3 Å². The third-order valence-electron chi connectivity index (χ3n) is 4.14. The third kappa shape index (κ3) is 2.90. The van der Waals surface area contributed by atoms with Crippen LogP contribution in [0, 0.1) is 0 Å². The topological polar surface area (TPSA) is 49.6 Å². The van der Waals surface area contributed by atoms with Gasteiger partial charge in [-0.1, -0.05) is 18.2 Å². The van der Waals surface area contributed by atoms with Gasteiger partial charge in [0.1, 0.15) is 0 Å². The summed E-state index contributed by atoms with van der Waals surface area (Å²) in [5.74, 6) is 0.0447. The Labute approximate surface area is 141 Å². The average Bonchev–Trinajstić information content (AvgIpc) is 2.99. The highest BCUT2D eigenvalue weighted by Gasteiger charge is 2.12. The van der Waals surface area contributed by atoms with E-state index < -0.39 is 0 Å². The number of hydrogen-bond donors (Lipinski definition) is 1. The van der Waals surface area contributed by atoms with Crippen LogP contribution in [0.5, 0.6) is 0 Å². The summed E-state index contributed by atoms with van der Waals surface area (Å²) < 4.78 is 1.95. The van der Waals surface area contributed by atoms with Gasteiger partial charge in [0.05, 0.1) is 17.4 Å². The molecule has 0 unspecified atom stereocenters. The Hall–Kier alpha value is -2.66. The maximum atomic E-state index is 11.8. The molecule has 24 heavy (non-hydrogen) atoms. The molecule has 0 atom stereocenters. The monoisotopic (exact) mass is 322 g/mol. The molecule has 1 aromatic carbocycles. The van der Waals surface area contributed by atoms with E-state index in [1.807, 2.05) is 61.1 Å². The Morgan fingerprint density at radius 2 is 2.04 bits per heavy atom. The highest BCUT2D eigenvalue weighted by molar-refractivity contribution is 5.92. The van der Waals surface area contributed by atoms with E-state index in [9.17, 15) is 4.79 Å². The molecule has 3 aromatic rings. The first-order chi connectivity index (χ1) is 11.7. The van der Waals surface area contributed by atoms with E-state index >= 15 is 0 Å². The molecule has 3 rings (SSSR count). The van der Waals surface area contributed by atoms with E-state index in [1.165, 1.54) is 0 Å². The average molecular weight is 322 g/mol. The molecule has 0 radical (unpaired) electrons. The van der Waals surface area contributed by atoms with Crippen LogP contribution in [0.15, 0.2) is 48.7 Å². The van der Waals surface area contributed by atoms with E-state index in [0.717, 1.165) is 34.6 Å². The van der Waals surface area contributed by atoms with Gasteiger partial charge < -0.3 is 10.2 Å². The van der Waals surface area contributed by atoms with Crippen LogP contribution in [0.3, 0.4) is 0 Å². The van der Waals surface area contributed by atoms with Crippen LogP contribution in [-0.4, -0.2) is 29.1 Å². The number of nitrogens with zero attached hydrogens (tertiary/aromatic N) is 3. The number of amides is 1.